The van der Waals surface area contributed by atoms with Gasteiger partial charge in [0.25, 0.3) is 5.91 Å². The average molecular weight is 304 g/mol. The van der Waals surface area contributed by atoms with Crippen molar-refractivity contribution in [1.82, 2.24) is 19.8 Å². The van der Waals surface area contributed by atoms with Crippen LogP contribution in [0.15, 0.2) is 18.2 Å². The number of aromatic nitrogens is 2. The Morgan fingerprint density at radius 1 is 1.29 bits per heavy atom. The zero-order valence-corrected chi connectivity index (χ0v) is 12.9. The van der Waals surface area contributed by atoms with Gasteiger partial charge in [-0.1, -0.05) is 10.9 Å². The van der Waals surface area contributed by atoms with E-state index in [4.69, 9.17) is 0 Å². The van der Waals surface area contributed by atoms with Crippen molar-refractivity contribution in [1.29, 1.82) is 0 Å². The van der Waals surface area contributed by atoms with Gasteiger partial charge in [-0.3, -0.25) is 4.79 Å². The van der Waals surface area contributed by atoms with Crippen molar-refractivity contribution < 1.29 is 4.79 Å². The molecule has 21 heavy (non-hydrogen) atoms. The van der Waals surface area contributed by atoms with E-state index in [1.54, 1.807) is 0 Å². The molecule has 1 aliphatic rings. The zero-order valence-electron chi connectivity index (χ0n) is 12.0. The molecule has 0 bridgehead atoms. The SMILES string of the molecule is O=C(NCCCN1CCCCC1)c1ccc2nnsc2c1. The summed E-state index contributed by atoms with van der Waals surface area (Å²) in [5, 5.41) is 6.97. The van der Waals surface area contributed by atoms with Gasteiger partial charge in [0, 0.05) is 12.1 Å². The molecule has 1 saturated heterocycles. The summed E-state index contributed by atoms with van der Waals surface area (Å²) in [5.41, 5.74) is 1.54. The summed E-state index contributed by atoms with van der Waals surface area (Å²) in [6.45, 7) is 4.23. The molecule has 5 nitrogen and oxygen atoms in total. The second-order valence-corrected chi connectivity index (χ2v) is 6.25. The van der Waals surface area contributed by atoms with Gasteiger partial charge in [0.15, 0.2) is 0 Å². The van der Waals surface area contributed by atoms with E-state index in [1.165, 1.54) is 43.9 Å². The number of piperidine rings is 1. The minimum absolute atomic E-state index is 0.0102. The molecule has 1 N–H and O–H groups in total. The molecule has 0 aliphatic carbocycles. The topological polar surface area (TPSA) is 58.1 Å². The average Bonchev–Trinajstić information content (AvgIpc) is 3.00. The van der Waals surface area contributed by atoms with Crippen molar-refractivity contribution in [2.45, 2.75) is 25.7 Å². The summed E-state index contributed by atoms with van der Waals surface area (Å²) in [7, 11) is 0. The lowest BCUT2D eigenvalue weighted by Gasteiger charge is -2.26. The van der Waals surface area contributed by atoms with Crippen LogP contribution in [0.2, 0.25) is 0 Å². The third kappa shape index (κ3) is 3.77. The van der Waals surface area contributed by atoms with Gasteiger partial charge in [-0.25, -0.2) is 0 Å². The van der Waals surface area contributed by atoms with Gasteiger partial charge in [0.2, 0.25) is 0 Å². The second-order valence-electron chi connectivity index (χ2n) is 5.47. The van der Waals surface area contributed by atoms with E-state index in [0.29, 0.717) is 5.56 Å². The molecule has 0 saturated carbocycles. The third-order valence-corrected chi connectivity index (χ3v) is 4.58. The number of hydrogen-bond acceptors (Lipinski definition) is 5. The molecule has 2 aromatic rings. The molecule has 6 heteroatoms. The van der Waals surface area contributed by atoms with E-state index in [0.717, 1.165) is 29.7 Å². The number of nitrogens with zero attached hydrogens (tertiary/aromatic N) is 3. The normalized spacial score (nSPS) is 16.2. The standard InChI is InChI=1S/C15H20N4OS/c20-15(12-5-6-13-14(11-12)21-18-17-13)16-7-4-10-19-8-2-1-3-9-19/h5-6,11H,1-4,7-10H2,(H,16,20). The summed E-state index contributed by atoms with van der Waals surface area (Å²) >= 11 is 1.32. The molecule has 0 spiro atoms. The Bertz CT molecular complexity index is 606. The van der Waals surface area contributed by atoms with E-state index in [1.807, 2.05) is 18.2 Å². The van der Waals surface area contributed by atoms with Crippen molar-refractivity contribution >= 4 is 27.7 Å². The van der Waals surface area contributed by atoms with Crippen LogP contribution in [0.5, 0.6) is 0 Å². The molecule has 112 valence electrons. The molecule has 1 fully saturated rings. The van der Waals surface area contributed by atoms with Crippen LogP contribution in [0.3, 0.4) is 0 Å². The van der Waals surface area contributed by atoms with Gasteiger partial charge in [-0.05, 0) is 68.6 Å². The van der Waals surface area contributed by atoms with Crippen molar-refractivity contribution in [3.63, 3.8) is 0 Å². The van der Waals surface area contributed by atoms with Crippen LogP contribution in [-0.2, 0) is 0 Å². The van der Waals surface area contributed by atoms with Gasteiger partial charge in [0.05, 0.1) is 4.70 Å². The number of fused-ring (bicyclic) bond motifs is 1. The van der Waals surface area contributed by atoms with Gasteiger partial charge in [0.1, 0.15) is 5.52 Å². The van der Waals surface area contributed by atoms with Crippen molar-refractivity contribution in [3.05, 3.63) is 23.8 Å². The van der Waals surface area contributed by atoms with Crippen LogP contribution in [0.25, 0.3) is 10.2 Å². The van der Waals surface area contributed by atoms with Crippen molar-refractivity contribution in [2.24, 2.45) is 0 Å². The molecule has 2 heterocycles. The number of carbonyl (C=O) groups excluding carboxylic acids is 1. The first kappa shape index (κ1) is 14.4. The lowest BCUT2D eigenvalue weighted by atomic mass is 10.1. The highest BCUT2D eigenvalue weighted by atomic mass is 32.1. The monoisotopic (exact) mass is 304 g/mol. The predicted molar refractivity (Wildman–Crippen MR) is 84.7 cm³/mol. The Morgan fingerprint density at radius 2 is 2.14 bits per heavy atom. The zero-order chi connectivity index (χ0) is 14.5. The highest BCUT2D eigenvalue weighted by molar-refractivity contribution is 7.12. The Morgan fingerprint density at radius 3 is 3.00 bits per heavy atom. The van der Waals surface area contributed by atoms with Crippen LogP contribution in [0.1, 0.15) is 36.0 Å². The number of amides is 1. The molecular formula is C15H20N4OS. The van der Waals surface area contributed by atoms with Gasteiger partial charge in [-0.2, -0.15) is 0 Å². The highest BCUT2D eigenvalue weighted by Gasteiger charge is 2.10. The second kappa shape index (κ2) is 6.95. The van der Waals surface area contributed by atoms with Gasteiger partial charge in [-0.15, -0.1) is 5.10 Å². The first-order chi connectivity index (χ1) is 10.3. The Labute approximate surface area is 128 Å². The molecule has 1 aliphatic heterocycles. The smallest absolute Gasteiger partial charge is 0.251 e. The summed E-state index contributed by atoms with van der Waals surface area (Å²) in [5.74, 6) is -0.0102. The van der Waals surface area contributed by atoms with E-state index in [9.17, 15) is 4.79 Å². The number of rotatable bonds is 5. The first-order valence-electron chi connectivity index (χ1n) is 7.55. The van der Waals surface area contributed by atoms with Crippen molar-refractivity contribution in [3.8, 4) is 0 Å². The predicted octanol–water partition coefficient (Wildman–Crippen LogP) is 2.30. The maximum Gasteiger partial charge on any atom is 0.251 e. The van der Waals surface area contributed by atoms with Gasteiger partial charge >= 0.3 is 0 Å². The fourth-order valence-corrected chi connectivity index (χ4v) is 3.31. The largest absolute Gasteiger partial charge is 0.352 e. The number of likely N-dealkylation sites (tertiary alicyclic amines) is 1. The number of benzene rings is 1. The van der Waals surface area contributed by atoms with Crippen LogP contribution in [0, 0.1) is 0 Å². The highest BCUT2D eigenvalue weighted by Crippen LogP contribution is 2.16. The molecule has 3 rings (SSSR count). The Hall–Kier alpha value is -1.53. The maximum absolute atomic E-state index is 12.1. The minimum atomic E-state index is -0.0102. The molecular weight excluding hydrogens is 284 g/mol. The fourth-order valence-electron chi connectivity index (χ4n) is 2.71. The molecule has 0 radical (unpaired) electrons. The molecule has 1 amide bonds. The molecule has 0 atom stereocenters. The van der Waals surface area contributed by atoms with Crippen LogP contribution < -0.4 is 5.32 Å². The summed E-state index contributed by atoms with van der Waals surface area (Å²) in [6, 6.07) is 5.52. The molecule has 1 aromatic heterocycles. The maximum atomic E-state index is 12.1. The van der Waals surface area contributed by atoms with E-state index < -0.39 is 0 Å². The molecule has 1 aromatic carbocycles. The number of hydrogen-bond donors (Lipinski definition) is 1. The van der Waals surface area contributed by atoms with Crippen LogP contribution >= 0.6 is 11.5 Å². The van der Waals surface area contributed by atoms with E-state index in [-0.39, 0.29) is 5.91 Å². The number of nitrogens with one attached hydrogen (secondary N) is 1. The molecule has 0 unspecified atom stereocenters. The fraction of sp³-hybridized carbons (Fsp3) is 0.533. The third-order valence-electron chi connectivity index (χ3n) is 3.90. The lowest BCUT2D eigenvalue weighted by molar-refractivity contribution is 0.0951. The summed E-state index contributed by atoms with van der Waals surface area (Å²) in [4.78, 5) is 14.6. The van der Waals surface area contributed by atoms with Crippen LogP contribution in [-0.4, -0.2) is 46.6 Å². The summed E-state index contributed by atoms with van der Waals surface area (Å²) < 4.78 is 4.84. The van der Waals surface area contributed by atoms with E-state index in [2.05, 4.69) is 19.8 Å². The Kier molecular flexibility index (Phi) is 4.77. The lowest BCUT2D eigenvalue weighted by Crippen LogP contribution is -2.33. The number of carbonyl (C=O) groups is 1. The summed E-state index contributed by atoms with van der Waals surface area (Å²) in [6.07, 6.45) is 5.00. The first-order valence-corrected chi connectivity index (χ1v) is 8.33. The van der Waals surface area contributed by atoms with Gasteiger partial charge < -0.3 is 10.2 Å². The van der Waals surface area contributed by atoms with Crippen LogP contribution in [0.4, 0.5) is 0 Å². The quantitative estimate of drug-likeness (QED) is 0.861. The Balaban J connectivity index is 1.45. The van der Waals surface area contributed by atoms with E-state index >= 15 is 0 Å². The van der Waals surface area contributed by atoms with Crippen molar-refractivity contribution in [2.75, 3.05) is 26.2 Å². The minimum Gasteiger partial charge on any atom is -0.352 e.